The van der Waals surface area contributed by atoms with Crippen molar-refractivity contribution in [3.63, 3.8) is 0 Å². The molecule has 1 aromatic heterocycles. The molecule has 0 radical (unpaired) electrons. The van der Waals surface area contributed by atoms with Gasteiger partial charge < -0.3 is 15.2 Å². The second-order valence-corrected chi connectivity index (χ2v) is 7.16. The Kier molecular flexibility index (Phi) is 6.99. The smallest absolute Gasteiger partial charge is 0.191 e. The number of benzene rings is 1. The third-order valence-corrected chi connectivity index (χ3v) is 4.78. The fourth-order valence-electron chi connectivity index (χ4n) is 2.03. The van der Waals surface area contributed by atoms with E-state index >= 15 is 0 Å². The highest BCUT2D eigenvalue weighted by molar-refractivity contribution is 7.85. The van der Waals surface area contributed by atoms with Crippen molar-refractivity contribution in [1.82, 2.24) is 15.8 Å². The molecule has 0 spiro atoms. The molecule has 0 bridgehead atoms. The number of guanidine groups is 1. The lowest BCUT2D eigenvalue weighted by Gasteiger charge is -2.10. The monoisotopic (exact) mass is 348 g/mol. The van der Waals surface area contributed by atoms with Crippen molar-refractivity contribution < 1.29 is 8.73 Å². The lowest BCUT2D eigenvalue weighted by Crippen LogP contribution is -2.38. The topological polar surface area (TPSA) is 79.5 Å². The summed E-state index contributed by atoms with van der Waals surface area (Å²) in [4.78, 5) is 4.99. The van der Waals surface area contributed by atoms with Gasteiger partial charge >= 0.3 is 0 Å². The van der Waals surface area contributed by atoms with Crippen molar-refractivity contribution in [3.8, 4) is 0 Å². The highest BCUT2D eigenvalue weighted by Gasteiger charge is 2.08. The van der Waals surface area contributed by atoms with Crippen LogP contribution in [0.25, 0.3) is 0 Å². The molecule has 1 aromatic carbocycles. The normalized spacial score (nSPS) is 13.1. The van der Waals surface area contributed by atoms with Gasteiger partial charge in [0.1, 0.15) is 0 Å². The van der Waals surface area contributed by atoms with E-state index in [9.17, 15) is 4.21 Å². The summed E-state index contributed by atoms with van der Waals surface area (Å²) in [6.45, 7) is 5.21. The zero-order chi connectivity index (χ0) is 17.4. The molecule has 6 nitrogen and oxygen atoms in total. The summed E-state index contributed by atoms with van der Waals surface area (Å²) in [5.74, 6) is 2.26. The Bertz CT molecular complexity index is 683. The van der Waals surface area contributed by atoms with Gasteiger partial charge in [0.15, 0.2) is 11.7 Å². The number of nitrogens with one attached hydrogen (secondary N) is 2. The van der Waals surface area contributed by atoms with E-state index in [1.807, 2.05) is 36.4 Å². The number of hydrogen-bond acceptors (Lipinski definition) is 4. The molecule has 0 aliphatic carbocycles. The van der Waals surface area contributed by atoms with Crippen LogP contribution < -0.4 is 10.6 Å². The Labute approximate surface area is 145 Å². The van der Waals surface area contributed by atoms with E-state index in [-0.39, 0.29) is 0 Å². The molecule has 1 atom stereocenters. The van der Waals surface area contributed by atoms with Crippen molar-refractivity contribution in [2.75, 3.05) is 19.3 Å². The summed E-state index contributed by atoms with van der Waals surface area (Å²) in [6, 6.07) is 11.4. The molecule has 2 rings (SSSR count). The first-order valence-electron chi connectivity index (χ1n) is 7.93. The zero-order valence-corrected chi connectivity index (χ0v) is 15.1. The molecule has 7 heteroatoms. The lowest BCUT2D eigenvalue weighted by molar-refractivity contribution is 0.372. The first kappa shape index (κ1) is 18.2. The average Bonchev–Trinajstić information content (AvgIpc) is 3.08. The van der Waals surface area contributed by atoms with Crippen molar-refractivity contribution in [3.05, 3.63) is 47.9 Å². The van der Waals surface area contributed by atoms with E-state index in [2.05, 4.69) is 34.6 Å². The second-order valence-electron chi connectivity index (χ2n) is 5.59. The van der Waals surface area contributed by atoms with Gasteiger partial charge in [-0.15, -0.1) is 0 Å². The number of nitrogens with zero attached hydrogens (tertiary/aromatic N) is 2. The largest absolute Gasteiger partial charge is 0.359 e. The lowest BCUT2D eigenvalue weighted by atomic mass is 10.1. The molecule has 0 saturated heterocycles. The SMILES string of the molecule is CN=C(NCCS(=O)c1ccccc1)NCc1cc(C(C)C)no1. The van der Waals surface area contributed by atoms with Crippen LogP contribution in [0.15, 0.2) is 50.8 Å². The maximum Gasteiger partial charge on any atom is 0.191 e. The first-order valence-corrected chi connectivity index (χ1v) is 9.25. The maximum absolute atomic E-state index is 12.1. The number of aliphatic imine (C=N–C) groups is 1. The highest BCUT2D eigenvalue weighted by Crippen LogP contribution is 2.13. The van der Waals surface area contributed by atoms with Crippen LogP contribution in [-0.2, 0) is 17.3 Å². The van der Waals surface area contributed by atoms with Crippen LogP contribution >= 0.6 is 0 Å². The van der Waals surface area contributed by atoms with Crippen LogP contribution in [0.5, 0.6) is 0 Å². The van der Waals surface area contributed by atoms with Gasteiger partial charge in [-0.2, -0.15) is 0 Å². The van der Waals surface area contributed by atoms with Crippen LogP contribution in [0, 0.1) is 0 Å². The van der Waals surface area contributed by atoms with E-state index in [0.717, 1.165) is 16.3 Å². The molecule has 0 fully saturated rings. The minimum atomic E-state index is -1.02. The Morgan fingerprint density at radius 3 is 2.67 bits per heavy atom. The Morgan fingerprint density at radius 2 is 2.04 bits per heavy atom. The predicted molar refractivity (Wildman–Crippen MR) is 96.5 cm³/mol. The van der Waals surface area contributed by atoms with Gasteiger partial charge in [0.05, 0.1) is 23.0 Å². The Morgan fingerprint density at radius 1 is 1.29 bits per heavy atom. The molecule has 2 N–H and O–H groups in total. The maximum atomic E-state index is 12.1. The molecular formula is C17H24N4O2S. The average molecular weight is 348 g/mol. The van der Waals surface area contributed by atoms with E-state index < -0.39 is 10.8 Å². The highest BCUT2D eigenvalue weighted by atomic mass is 32.2. The summed E-state index contributed by atoms with van der Waals surface area (Å²) in [5.41, 5.74) is 0.938. The van der Waals surface area contributed by atoms with Crippen LogP contribution in [-0.4, -0.2) is 34.7 Å². The van der Waals surface area contributed by atoms with Crippen LogP contribution in [0.3, 0.4) is 0 Å². The summed E-state index contributed by atoms with van der Waals surface area (Å²) >= 11 is 0. The molecule has 2 aromatic rings. The predicted octanol–water partition coefficient (Wildman–Crippen LogP) is 2.27. The van der Waals surface area contributed by atoms with Gasteiger partial charge in [-0.3, -0.25) is 9.20 Å². The molecule has 0 aliphatic rings. The Balaban J connectivity index is 1.75. The van der Waals surface area contributed by atoms with E-state index in [0.29, 0.717) is 30.7 Å². The van der Waals surface area contributed by atoms with Crippen molar-refractivity contribution in [2.45, 2.75) is 31.2 Å². The van der Waals surface area contributed by atoms with Gasteiger partial charge in [-0.25, -0.2) is 0 Å². The number of aromatic nitrogens is 1. The van der Waals surface area contributed by atoms with E-state index in [1.54, 1.807) is 7.05 Å². The second kappa shape index (κ2) is 9.22. The molecule has 1 heterocycles. The molecule has 0 amide bonds. The van der Waals surface area contributed by atoms with Crippen LogP contribution in [0.1, 0.15) is 31.2 Å². The van der Waals surface area contributed by atoms with Gasteiger partial charge in [-0.05, 0) is 18.1 Å². The number of hydrogen-bond donors (Lipinski definition) is 2. The van der Waals surface area contributed by atoms with Crippen molar-refractivity contribution >= 4 is 16.8 Å². The van der Waals surface area contributed by atoms with Gasteiger partial charge in [0.2, 0.25) is 0 Å². The molecule has 1 unspecified atom stereocenters. The fourth-order valence-corrected chi connectivity index (χ4v) is 3.01. The summed E-state index contributed by atoms with van der Waals surface area (Å²) < 4.78 is 17.4. The Hall–Kier alpha value is -2.15. The van der Waals surface area contributed by atoms with Gasteiger partial charge in [0.25, 0.3) is 0 Å². The van der Waals surface area contributed by atoms with E-state index in [1.165, 1.54) is 0 Å². The molecule has 0 saturated carbocycles. The van der Waals surface area contributed by atoms with Gasteiger partial charge in [0, 0.05) is 30.3 Å². The van der Waals surface area contributed by atoms with E-state index in [4.69, 9.17) is 4.52 Å². The minimum absolute atomic E-state index is 0.341. The molecule has 0 aliphatic heterocycles. The molecule has 130 valence electrons. The summed E-state index contributed by atoms with van der Waals surface area (Å²) in [5, 5.41) is 10.3. The zero-order valence-electron chi connectivity index (χ0n) is 14.3. The third kappa shape index (κ3) is 5.49. The summed E-state index contributed by atoms with van der Waals surface area (Å²) in [6.07, 6.45) is 0. The van der Waals surface area contributed by atoms with Crippen LogP contribution in [0.4, 0.5) is 0 Å². The van der Waals surface area contributed by atoms with Crippen molar-refractivity contribution in [2.24, 2.45) is 4.99 Å². The molecular weight excluding hydrogens is 324 g/mol. The fraction of sp³-hybridized carbons (Fsp3) is 0.412. The van der Waals surface area contributed by atoms with Crippen molar-refractivity contribution in [1.29, 1.82) is 0 Å². The molecule has 24 heavy (non-hydrogen) atoms. The standard InChI is InChI=1S/C17H24N4O2S/c1-13(2)16-11-14(23-21-16)12-20-17(18-3)19-9-10-24(22)15-7-5-4-6-8-15/h4-8,11,13H,9-10,12H2,1-3H3,(H2,18,19,20). The third-order valence-electron chi connectivity index (χ3n) is 3.41. The number of rotatable bonds is 7. The summed E-state index contributed by atoms with van der Waals surface area (Å²) in [7, 11) is 0.680. The van der Waals surface area contributed by atoms with Gasteiger partial charge in [-0.1, -0.05) is 37.2 Å². The quantitative estimate of drug-likeness (QED) is 0.593. The minimum Gasteiger partial charge on any atom is -0.359 e. The van der Waals surface area contributed by atoms with Crippen LogP contribution in [0.2, 0.25) is 0 Å². The first-order chi connectivity index (χ1) is 11.6.